The van der Waals surface area contributed by atoms with Gasteiger partial charge in [0.15, 0.2) is 0 Å². The molecular formula is C14H22N2O2. The van der Waals surface area contributed by atoms with Crippen LogP contribution in [0.2, 0.25) is 0 Å². The molecule has 0 heterocycles. The number of hydrogen-bond acceptors (Lipinski definition) is 3. The molecule has 0 saturated carbocycles. The SMILES string of the molecule is CCC(C)(C)NC(=O)CCOc1ccc(N)cc1. The molecule has 0 aromatic heterocycles. The van der Waals surface area contributed by atoms with Crippen LogP contribution in [-0.4, -0.2) is 18.1 Å². The van der Waals surface area contributed by atoms with Crippen LogP contribution in [0.1, 0.15) is 33.6 Å². The first-order valence-electron chi connectivity index (χ1n) is 6.22. The molecule has 1 amide bonds. The highest BCUT2D eigenvalue weighted by Crippen LogP contribution is 2.13. The summed E-state index contributed by atoms with van der Waals surface area (Å²) in [6.07, 6.45) is 1.26. The van der Waals surface area contributed by atoms with Crippen LogP contribution >= 0.6 is 0 Å². The number of benzene rings is 1. The lowest BCUT2D eigenvalue weighted by atomic mass is 10.0. The predicted molar refractivity (Wildman–Crippen MR) is 73.5 cm³/mol. The van der Waals surface area contributed by atoms with Crippen molar-refractivity contribution in [2.45, 2.75) is 39.2 Å². The van der Waals surface area contributed by atoms with Gasteiger partial charge in [-0.25, -0.2) is 0 Å². The summed E-state index contributed by atoms with van der Waals surface area (Å²) in [6.45, 7) is 6.43. The van der Waals surface area contributed by atoms with E-state index in [0.717, 1.165) is 12.2 Å². The van der Waals surface area contributed by atoms with Crippen molar-refractivity contribution in [2.75, 3.05) is 12.3 Å². The van der Waals surface area contributed by atoms with E-state index >= 15 is 0 Å². The molecule has 0 aliphatic heterocycles. The average Bonchev–Trinajstić information content (AvgIpc) is 2.31. The molecule has 1 rings (SSSR count). The van der Waals surface area contributed by atoms with Crippen molar-refractivity contribution < 1.29 is 9.53 Å². The Bertz CT molecular complexity index is 385. The van der Waals surface area contributed by atoms with Gasteiger partial charge in [0.1, 0.15) is 5.75 Å². The number of anilines is 1. The van der Waals surface area contributed by atoms with E-state index in [1.807, 2.05) is 20.8 Å². The van der Waals surface area contributed by atoms with Gasteiger partial charge >= 0.3 is 0 Å². The first kappa shape index (κ1) is 14.4. The Kier molecular flexibility index (Phi) is 5.01. The van der Waals surface area contributed by atoms with E-state index in [2.05, 4.69) is 5.32 Å². The van der Waals surface area contributed by atoms with Crippen LogP contribution in [0.4, 0.5) is 5.69 Å². The number of carbonyl (C=O) groups excluding carboxylic acids is 1. The quantitative estimate of drug-likeness (QED) is 0.762. The highest BCUT2D eigenvalue weighted by molar-refractivity contribution is 5.76. The molecule has 0 radical (unpaired) electrons. The molecule has 1 aromatic carbocycles. The number of hydrogen-bond donors (Lipinski definition) is 2. The van der Waals surface area contributed by atoms with Crippen molar-refractivity contribution in [3.05, 3.63) is 24.3 Å². The van der Waals surface area contributed by atoms with Gasteiger partial charge in [0, 0.05) is 11.2 Å². The summed E-state index contributed by atoms with van der Waals surface area (Å²) in [5, 5.41) is 2.96. The summed E-state index contributed by atoms with van der Waals surface area (Å²) in [5.74, 6) is 0.740. The van der Waals surface area contributed by atoms with E-state index in [9.17, 15) is 4.79 Å². The molecule has 0 spiro atoms. The molecule has 100 valence electrons. The zero-order valence-corrected chi connectivity index (χ0v) is 11.3. The number of nitrogens with two attached hydrogens (primary N) is 1. The summed E-state index contributed by atoms with van der Waals surface area (Å²) in [6, 6.07) is 7.14. The fourth-order valence-electron chi connectivity index (χ4n) is 1.35. The van der Waals surface area contributed by atoms with Gasteiger partial charge in [0.25, 0.3) is 0 Å². The predicted octanol–water partition coefficient (Wildman–Crippen LogP) is 2.34. The van der Waals surface area contributed by atoms with Gasteiger partial charge in [-0.15, -0.1) is 0 Å². The van der Waals surface area contributed by atoms with Crippen molar-refractivity contribution in [2.24, 2.45) is 0 Å². The van der Waals surface area contributed by atoms with E-state index in [1.165, 1.54) is 0 Å². The third-order valence-corrected chi connectivity index (χ3v) is 2.84. The molecule has 0 aliphatic rings. The maximum absolute atomic E-state index is 11.7. The molecule has 0 aliphatic carbocycles. The maximum Gasteiger partial charge on any atom is 0.223 e. The number of carbonyl (C=O) groups is 1. The van der Waals surface area contributed by atoms with E-state index in [1.54, 1.807) is 24.3 Å². The summed E-state index contributed by atoms with van der Waals surface area (Å²) in [4.78, 5) is 11.7. The standard InChI is InChI=1S/C14H22N2O2/c1-4-14(2,3)16-13(17)9-10-18-12-7-5-11(15)6-8-12/h5-8H,4,9-10,15H2,1-3H3,(H,16,17). The summed E-state index contributed by atoms with van der Waals surface area (Å²) >= 11 is 0. The van der Waals surface area contributed by atoms with E-state index < -0.39 is 0 Å². The van der Waals surface area contributed by atoms with Gasteiger partial charge in [0.05, 0.1) is 13.0 Å². The molecule has 0 saturated heterocycles. The molecule has 4 heteroatoms. The van der Waals surface area contributed by atoms with Gasteiger partial charge in [-0.2, -0.15) is 0 Å². The zero-order chi connectivity index (χ0) is 13.6. The third-order valence-electron chi connectivity index (χ3n) is 2.84. The topological polar surface area (TPSA) is 64.3 Å². The van der Waals surface area contributed by atoms with Gasteiger partial charge in [0.2, 0.25) is 5.91 Å². The van der Waals surface area contributed by atoms with Gasteiger partial charge in [-0.3, -0.25) is 4.79 Å². The smallest absolute Gasteiger partial charge is 0.223 e. The Balaban J connectivity index is 2.29. The fourth-order valence-corrected chi connectivity index (χ4v) is 1.35. The maximum atomic E-state index is 11.7. The van der Waals surface area contributed by atoms with Crippen LogP contribution in [0.5, 0.6) is 5.75 Å². The van der Waals surface area contributed by atoms with Crippen LogP contribution < -0.4 is 15.8 Å². The second-order valence-electron chi connectivity index (χ2n) is 4.95. The lowest BCUT2D eigenvalue weighted by Crippen LogP contribution is -2.43. The van der Waals surface area contributed by atoms with Crippen LogP contribution in [0.3, 0.4) is 0 Å². The molecule has 0 unspecified atom stereocenters. The molecule has 1 aromatic rings. The van der Waals surface area contributed by atoms with Crippen LogP contribution in [0.25, 0.3) is 0 Å². The minimum atomic E-state index is -0.154. The Morgan fingerprint density at radius 2 is 1.94 bits per heavy atom. The highest BCUT2D eigenvalue weighted by Gasteiger charge is 2.17. The first-order valence-corrected chi connectivity index (χ1v) is 6.22. The number of rotatable bonds is 6. The van der Waals surface area contributed by atoms with Gasteiger partial charge < -0.3 is 15.8 Å². The van der Waals surface area contributed by atoms with Crippen molar-refractivity contribution >= 4 is 11.6 Å². The molecule has 18 heavy (non-hydrogen) atoms. The van der Waals surface area contributed by atoms with E-state index in [4.69, 9.17) is 10.5 Å². The molecular weight excluding hydrogens is 228 g/mol. The summed E-state index contributed by atoms with van der Waals surface area (Å²) in [5.41, 5.74) is 6.11. The minimum absolute atomic E-state index is 0.0114. The molecule has 0 bridgehead atoms. The largest absolute Gasteiger partial charge is 0.493 e. The molecule has 0 fully saturated rings. The number of nitrogens with one attached hydrogen (secondary N) is 1. The lowest BCUT2D eigenvalue weighted by Gasteiger charge is -2.24. The van der Waals surface area contributed by atoms with E-state index in [-0.39, 0.29) is 11.4 Å². The normalized spacial score (nSPS) is 11.1. The Hall–Kier alpha value is -1.71. The van der Waals surface area contributed by atoms with Crippen molar-refractivity contribution in [3.63, 3.8) is 0 Å². The van der Waals surface area contributed by atoms with Crippen LogP contribution in [0, 0.1) is 0 Å². The monoisotopic (exact) mass is 250 g/mol. The summed E-state index contributed by atoms with van der Waals surface area (Å²) in [7, 11) is 0. The molecule has 4 nitrogen and oxygen atoms in total. The number of amides is 1. The third kappa shape index (κ3) is 5.08. The van der Waals surface area contributed by atoms with E-state index in [0.29, 0.717) is 18.7 Å². The van der Waals surface area contributed by atoms with Gasteiger partial charge in [-0.05, 0) is 44.5 Å². The fraction of sp³-hybridized carbons (Fsp3) is 0.500. The lowest BCUT2D eigenvalue weighted by molar-refractivity contribution is -0.123. The molecule has 3 N–H and O–H groups in total. The van der Waals surface area contributed by atoms with Gasteiger partial charge in [-0.1, -0.05) is 6.92 Å². The number of ether oxygens (including phenoxy) is 1. The first-order chi connectivity index (χ1) is 8.43. The average molecular weight is 250 g/mol. The highest BCUT2D eigenvalue weighted by atomic mass is 16.5. The van der Waals surface area contributed by atoms with Crippen molar-refractivity contribution in [1.29, 1.82) is 0 Å². The van der Waals surface area contributed by atoms with Crippen LogP contribution in [0.15, 0.2) is 24.3 Å². The summed E-state index contributed by atoms with van der Waals surface area (Å²) < 4.78 is 5.46. The second kappa shape index (κ2) is 6.28. The Morgan fingerprint density at radius 1 is 1.33 bits per heavy atom. The van der Waals surface area contributed by atoms with Crippen LogP contribution in [-0.2, 0) is 4.79 Å². The Morgan fingerprint density at radius 3 is 2.50 bits per heavy atom. The molecule has 0 atom stereocenters. The zero-order valence-electron chi connectivity index (χ0n) is 11.3. The number of nitrogen functional groups attached to an aromatic ring is 1. The van der Waals surface area contributed by atoms with Crippen molar-refractivity contribution in [3.8, 4) is 5.75 Å². The minimum Gasteiger partial charge on any atom is -0.493 e. The second-order valence-corrected chi connectivity index (χ2v) is 4.95. The Labute approximate surface area is 109 Å². The van der Waals surface area contributed by atoms with Crippen molar-refractivity contribution in [1.82, 2.24) is 5.32 Å².